The molecule has 2 heterocycles. The van der Waals surface area contributed by atoms with E-state index in [4.69, 9.17) is 15.2 Å². The summed E-state index contributed by atoms with van der Waals surface area (Å²) in [5.74, 6) is 0. The summed E-state index contributed by atoms with van der Waals surface area (Å²) >= 11 is 0. The molecule has 3 atom stereocenters. The van der Waals surface area contributed by atoms with Gasteiger partial charge in [-0.15, -0.1) is 0 Å². The molecule has 18 heavy (non-hydrogen) atoms. The number of hydrogen-bond donors (Lipinski definition) is 1. The van der Waals surface area contributed by atoms with E-state index in [0.717, 1.165) is 31.6 Å². The second kappa shape index (κ2) is 6.83. The fourth-order valence-corrected chi connectivity index (χ4v) is 2.17. The van der Waals surface area contributed by atoms with E-state index in [1.165, 1.54) is 0 Å². The smallest absolute Gasteiger partial charge is 0.115 e. The van der Waals surface area contributed by atoms with Crippen molar-refractivity contribution in [1.82, 2.24) is 4.98 Å². The molecule has 0 spiro atoms. The molecule has 0 bridgehead atoms. The minimum absolute atomic E-state index is 0.0266. The van der Waals surface area contributed by atoms with Crippen LogP contribution >= 0.6 is 0 Å². The summed E-state index contributed by atoms with van der Waals surface area (Å²) in [6.07, 6.45) is 4.94. The number of rotatable bonds is 6. The summed E-state index contributed by atoms with van der Waals surface area (Å²) in [6.45, 7) is 3.52. The molecule has 1 aromatic heterocycles. The Hall–Kier alpha value is -0.970. The van der Waals surface area contributed by atoms with Crippen molar-refractivity contribution >= 4 is 0 Å². The average molecular weight is 250 g/mol. The van der Waals surface area contributed by atoms with Crippen LogP contribution in [0.3, 0.4) is 0 Å². The summed E-state index contributed by atoms with van der Waals surface area (Å²) in [4.78, 5) is 4.35. The van der Waals surface area contributed by atoms with E-state index in [-0.39, 0.29) is 18.2 Å². The molecule has 0 aromatic carbocycles. The lowest BCUT2D eigenvalue weighted by molar-refractivity contribution is -0.0326. The zero-order valence-electron chi connectivity index (χ0n) is 10.9. The fourth-order valence-electron chi connectivity index (χ4n) is 2.17. The summed E-state index contributed by atoms with van der Waals surface area (Å²) in [7, 11) is 0. The molecular weight excluding hydrogens is 228 g/mol. The molecule has 1 saturated heterocycles. The molecule has 1 fully saturated rings. The quantitative estimate of drug-likeness (QED) is 0.839. The Kier molecular flexibility index (Phi) is 5.11. The van der Waals surface area contributed by atoms with Gasteiger partial charge in [0, 0.05) is 18.8 Å². The van der Waals surface area contributed by atoms with Gasteiger partial charge in [0.15, 0.2) is 0 Å². The molecule has 0 aliphatic carbocycles. The van der Waals surface area contributed by atoms with Crippen LogP contribution in [0.4, 0.5) is 0 Å². The maximum atomic E-state index is 6.13. The number of hydrogen-bond acceptors (Lipinski definition) is 4. The van der Waals surface area contributed by atoms with Crippen LogP contribution in [0.1, 0.15) is 38.0 Å². The normalized spacial score (nSPS) is 22.9. The van der Waals surface area contributed by atoms with E-state index >= 15 is 0 Å². The first-order valence-electron chi connectivity index (χ1n) is 6.71. The number of pyridine rings is 1. The molecule has 4 heteroatoms. The van der Waals surface area contributed by atoms with Crippen molar-refractivity contribution in [3.8, 4) is 0 Å². The topological polar surface area (TPSA) is 57.4 Å². The van der Waals surface area contributed by atoms with Crippen LogP contribution in [0.25, 0.3) is 0 Å². The van der Waals surface area contributed by atoms with Crippen molar-refractivity contribution in [3.05, 3.63) is 30.1 Å². The lowest BCUT2D eigenvalue weighted by atomic mass is 10.1. The molecule has 4 nitrogen and oxygen atoms in total. The zero-order valence-corrected chi connectivity index (χ0v) is 10.9. The first-order valence-corrected chi connectivity index (χ1v) is 6.71. The third-order valence-electron chi connectivity index (χ3n) is 3.33. The molecule has 3 unspecified atom stereocenters. The van der Waals surface area contributed by atoms with Gasteiger partial charge in [-0.1, -0.05) is 13.0 Å². The van der Waals surface area contributed by atoms with Gasteiger partial charge in [0.1, 0.15) is 6.10 Å². The Bertz CT molecular complexity index is 339. The third-order valence-corrected chi connectivity index (χ3v) is 3.33. The van der Waals surface area contributed by atoms with Gasteiger partial charge in [-0.05, 0) is 31.4 Å². The van der Waals surface area contributed by atoms with E-state index < -0.39 is 0 Å². The Balaban J connectivity index is 1.96. The van der Waals surface area contributed by atoms with Crippen molar-refractivity contribution in [2.75, 3.05) is 13.2 Å². The minimum Gasteiger partial charge on any atom is -0.376 e. The molecule has 0 radical (unpaired) electrons. The van der Waals surface area contributed by atoms with E-state index in [0.29, 0.717) is 6.61 Å². The summed E-state index contributed by atoms with van der Waals surface area (Å²) < 4.78 is 11.5. The van der Waals surface area contributed by atoms with Crippen molar-refractivity contribution in [3.63, 3.8) is 0 Å². The number of nitrogens with zero attached hydrogens (tertiary/aromatic N) is 1. The van der Waals surface area contributed by atoms with Crippen LogP contribution < -0.4 is 5.73 Å². The highest BCUT2D eigenvalue weighted by molar-refractivity contribution is 5.09. The SMILES string of the molecule is CCC(N)C(OCC1CCCO1)c1ccccn1. The van der Waals surface area contributed by atoms with Gasteiger partial charge in [-0.3, -0.25) is 4.98 Å². The number of aromatic nitrogens is 1. The van der Waals surface area contributed by atoms with E-state index in [9.17, 15) is 0 Å². The van der Waals surface area contributed by atoms with Crippen LogP contribution in [0.5, 0.6) is 0 Å². The second-order valence-electron chi connectivity index (χ2n) is 4.72. The molecule has 0 amide bonds. The first kappa shape index (κ1) is 13.5. The number of ether oxygens (including phenoxy) is 2. The van der Waals surface area contributed by atoms with E-state index in [1.807, 2.05) is 18.2 Å². The molecule has 1 aromatic rings. The first-order chi connectivity index (χ1) is 8.81. The van der Waals surface area contributed by atoms with Crippen molar-refractivity contribution in [1.29, 1.82) is 0 Å². The molecule has 2 rings (SSSR count). The van der Waals surface area contributed by atoms with Gasteiger partial charge in [0.2, 0.25) is 0 Å². The van der Waals surface area contributed by atoms with Crippen molar-refractivity contribution < 1.29 is 9.47 Å². The highest BCUT2D eigenvalue weighted by Crippen LogP contribution is 2.22. The molecule has 2 N–H and O–H groups in total. The molecule has 1 aliphatic rings. The van der Waals surface area contributed by atoms with Gasteiger partial charge in [-0.25, -0.2) is 0 Å². The lowest BCUT2D eigenvalue weighted by Crippen LogP contribution is -2.32. The summed E-state index contributed by atoms with van der Waals surface area (Å²) in [6, 6.07) is 5.81. The van der Waals surface area contributed by atoms with Crippen LogP contribution in [-0.2, 0) is 9.47 Å². The largest absolute Gasteiger partial charge is 0.376 e. The van der Waals surface area contributed by atoms with Crippen molar-refractivity contribution in [2.45, 2.75) is 44.4 Å². The van der Waals surface area contributed by atoms with Crippen LogP contribution in [0.2, 0.25) is 0 Å². The van der Waals surface area contributed by atoms with Crippen LogP contribution in [0, 0.1) is 0 Å². The van der Waals surface area contributed by atoms with Crippen LogP contribution in [-0.4, -0.2) is 30.3 Å². The van der Waals surface area contributed by atoms with Gasteiger partial charge in [0.25, 0.3) is 0 Å². The predicted octanol–water partition coefficient (Wildman–Crippen LogP) is 2.06. The van der Waals surface area contributed by atoms with Crippen LogP contribution in [0.15, 0.2) is 24.4 Å². The zero-order chi connectivity index (χ0) is 12.8. The summed E-state index contributed by atoms with van der Waals surface area (Å²) in [5, 5.41) is 0. The Morgan fingerprint density at radius 3 is 3.06 bits per heavy atom. The second-order valence-corrected chi connectivity index (χ2v) is 4.72. The highest BCUT2D eigenvalue weighted by atomic mass is 16.5. The van der Waals surface area contributed by atoms with E-state index in [2.05, 4.69) is 11.9 Å². The number of nitrogens with two attached hydrogens (primary N) is 1. The maximum Gasteiger partial charge on any atom is 0.115 e. The fraction of sp³-hybridized carbons (Fsp3) is 0.643. The van der Waals surface area contributed by atoms with Crippen molar-refractivity contribution in [2.24, 2.45) is 5.73 Å². The van der Waals surface area contributed by atoms with Gasteiger partial charge in [0.05, 0.1) is 18.4 Å². The summed E-state index contributed by atoms with van der Waals surface area (Å²) in [5.41, 5.74) is 7.04. The van der Waals surface area contributed by atoms with Gasteiger partial charge >= 0.3 is 0 Å². The Morgan fingerprint density at radius 1 is 1.56 bits per heavy atom. The molecular formula is C14H22N2O2. The predicted molar refractivity (Wildman–Crippen MR) is 70.2 cm³/mol. The highest BCUT2D eigenvalue weighted by Gasteiger charge is 2.23. The van der Waals surface area contributed by atoms with E-state index in [1.54, 1.807) is 6.20 Å². The average Bonchev–Trinajstić information content (AvgIpc) is 2.93. The van der Waals surface area contributed by atoms with Gasteiger partial charge < -0.3 is 15.2 Å². The minimum atomic E-state index is -0.139. The Labute approximate surface area is 108 Å². The standard InChI is InChI=1S/C14H22N2O2/c1-2-12(15)14(13-7-3-4-8-16-13)18-10-11-6-5-9-17-11/h3-4,7-8,11-12,14H,2,5-6,9-10,15H2,1H3. The Morgan fingerprint density at radius 2 is 2.44 bits per heavy atom. The third kappa shape index (κ3) is 3.51. The maximum absolute atomic E-state index is 6.13. The monoisotopic (exact) mass is 250 g/mol. The lowest BCUT2D eigenvalue weighted by Gasteiger charge is -2.24. The molecule has 100 valence electrons. The van der Waals surface area contributed by atoms with Gasteiger partial charge in [-0.2, -0.15) is 0 Å². The molecule has 0 saturated carbocycles. The molecule has 1 aliphatic heterocycles.